The zero-order chi connectivity index (χ0) is 19.4. The van der Waals surface area contributed by atoms with Crippen molar-refractivity contribution in [2.75, 3.05) is 11.4 Å². The minimum atomic E-state index is -3.90. The summed E-state index contributed by atoms with van der Waals surface area (Å²) < 4.78 is 47.0. The topological polar surface area (TPSA) is 46.6 Å². The van der Waals surface area contributed by atoms with Gasteiger partial charge in [-0.3, -0.25) is 4.31 Å². The standard InChI is InChI=1S/C21H20FNO3S/c1-16-8-9-18(14-21(16)22)23(15-17-6-4-3-5-7-17)27(24,25)20-12-10-19(26-2)11-13-20/h3-14H,15H2,1-2H3. The first kappa shape index (κ1) is 18.9. The molecule has 0 heterocycles. The number of rotatable bonds is 6. The molecule has 0 spiro atoms. The highest BCUT2D eigenvalue weighted by atomic mass is 32.2. The molecule has 3 aromatic rings. The molecule has 0 unspecified atom stereocenters. The lowest BCUT2D eigenvalue weighted by molar-refractivity contribution is 0.414. The molecule has 0 aliphatic rings. The largest absolute Gasteiger partial charge is 0.497 e. The van der Waals surface area contributed by atoms with Gasteiger partial charge >= 0.3 is 0 Å². The molecule has 27 heavy (non-hydrogen) atoms. The molecule has 0 aliphatic carbocycles. The molecule has 0 saturated heterocycles. The zero-order valence-electron chi connectivity index (χ0n) is 15.1. The van der Waals surface area contributed by atoms with Crippen molar-refractivity contribution in [3.8, 4) is 5.75 Å². The van der Waals surface area contributed by atoms with Gasteiger partial charge in [0, 0.05) is 0 Å². The number of benzene rings is 3. The van der Waals surface area contributed by atoms with Crippen LogP contribution in [0.3, 0.4) is 0 Å². The Morgan fingerprint density at radius 3 is 2.22 bits per heavy atom. The van der Waals surface area contributed by atoms with E-state index in [0.717, 1.165) is 5.56 Å². The number of nitrogens with zero attached hydrogens (tertiary/aromatic N) is 1. The van der Waals surface area contributed by atoms with E-state index in [1.807, 2.05) is 30.3 Å². The average Bonchev–Trinajstić information content (AvgIpc) is 2.69. The number of hydrogen-bond donors (Lipinski definition) is 0. The predicted molar refractivity (Wildman–Crippen MR) is 104 cm³/mol. The summed E-state index contributed by atoms with van der Waals surface area (Å²) in [6.07, 6.45) is 0. The number of ether oxygens (including phenoxy) is 1. The Kier molecular flexibility index (Phi) is 5.46. The first-order valence-electron chi connectivity index (χ1n) is 8.38. The summed E-state index contributed by atoms with van der Waals surface area (Å²) in [6.45, 7) is 1.73. The fourth-order valence-corrected chi connectivity index (χ4v) is 4.12. The van der Waals surface area contributed by atoms with Crippen LogP contribution in [0.25, 0.3) is 0 Å². The predicted octanol–water partition coefficient (Wildman–Crippen LogP) is 4.54. The van der Waals surface area contributed by atoms with Gasteiger partial charge in [-0.25, -0.2) is 12.8 Å². The van der Waals surface area contributed by atoms with Gasteiger partial charge in [-0.05, 0) is 54.4 Å². The molecule has 0 N–H and O–H groups in total. The van der Waals surface area contributed by atoms with Crippen LogP contribution in [0.2, 0.25) is 0 Å². The van der Waals surface area contributed by atoms with Gasteiger partial charge in [0.2, 0.25) is 0 Å². The molecular weight excluding hydrogens is 365 g/mol. The lowest BCUT2D eigenvalue weighted by Crippen LogP contribution is -2.30. The molecule has 0 bridgehead atoms. The molecule has 0 fully saturated rings. The molecule has 3 aromatic carbocycles. The Balaban J connectivity index is 2.08. The first-order chi connectivity index (χ1) is 12.9. The van der Waals surface area contributed by atoms with Crippen molar-refractivity contribution in [2.45, 2.75) is 18.4 Å². The van der Waals surface area contributed by atoms with E-state index in [2.05, 4.69) is 0 Å². The van der Waals surface area contributed by atoms with E-state index in [9.17, 15) is 12.8 Å². The second-order valence-electron chi connectivity index (χ2n) is 6.11. The highest BCUT2D eigenvalue weighted by Gasteiger charge is 2.26. The van der Waals surface area contributed by atoms with Gasteiger partial charge in [0.15, 0.2) is 0 Å². The molecule has 140 valence electrons. The maximum atomic E-state index is 14.1. The summed E-state index contributed by atoms with van der Waals surface area (Å²) in [5.41, 5.74) is 1.54. The molecular formula is C21H20FNO3S. The third-order valence-corrected chi connectivity index (χ3v) is 6.05. The van der Waals surface area contributed by atoms with E-state index in [0.29, 0.717) is 11.3 Å². The summed E-state index contributed by atoms with van der Waals surface area (Å²) in [7, 11) is -2.38. The lowest BCUT2D eigenvalue weighted by Gasteiger charge is -2.25. The molecule has 0 aliphatic heterocycles. The Bertz CT molecular complexity index is 1020. The van der Waals surface area contributed by atoms with E-state index in [4.69, 9.17) is 4.74 Å². The zero-order valence-corrected chi connectivity index (χ0v) is 15.9. The van der Waals surface area contributed by atoms with Crippen LogP contribution < -0.4 is 9.04 Å². The van der Waals surface area contributed by atoms with E-state index in [1.165, 1.54) is 29.6 Å². The van der Waals surface area contributed by atoms with Crippen LogP contribution in [0, 0.1) is 12.7 Å². The van der Waals surface area contributed by atoms with Crippen molar-refractivity contribution < 1.29 is 17.5 Å². The summed E-state index contributed by atoms with van der Waals surface area (Å²) >= 11 is 0. The van der Waals surface area contributed by atoms with E-state index in [-0.39, 0.29) is 17.1 Å². The smallest absolute Gasteiger partial charge is 0.264 e. The molecule has 0 saturated carbocycles. The quantitative estimate of drug-likeness (QED) is 0.626. The Hall–Kier alpha value is -2.86. The fourth-order valence-electron chi connectivity index (χ4n) is 2.68. The van der Waals surface area contributed by atoms with Crippen LogP contribution in [-0.4, -0.2) is 15.5 Å². The second-order valence-corrected chi connectivity index (χ2v) is 7.97. The van der Waals surface area contributed by atoms with Gasteiger partial charge < -0.3 is 4.74 Å². The number of halogens is 1. The van der Waals surface area contributed by atoms with Crippen LogP contribution in [0.1, 0.15) is 11.1 Å². The second kappa shape index (κ2) is 7.80. The number of anilines is 1. The van der Waals surface area contributed by atoms with E-state index < -0.39 is 15.8 Å². The third-order valence-electron chi connectivity index (χ3n) is 4.26. The highest BCUT2D eigenvalue weighted by Crippen LogP contribution is 2.28. The molecule has 0 atom stereocenters. The molecule has 3 rings (SSSR count). The van der Waals surface area contributed by atoms with Gasteiger partial charge in [-0.1, -0.05) is 36.4 Å². The van der Waals surface area contributed by atoms with E-state index >= 15 is 0 Å². The van der Waals surface area contributed by atoms with Crippen molar-refractivity contribution in [1.82, 2.24) is 0 Å². The Morgan fingerprint density at radius 2 is 1.63 bits per heavy atom. The van der Waals surface area contributed by atoms with Crippen molar-refractivity contribution in [3.63, 3.8) is 0 Å². The van der Waals surface area contributed by atoms with Gasteiger partial charge in [-0.15, -0.1) is 0 Å². The number of aryl methyl sites for hydroxylation is 1. The fraction of sp³-hybridized carbons (Fsp3) is 0.143. The monoisotopic (exact) mass is 385 g/mol. The van der Waals surface area contributed by atoms with Crippen molar-refractivity contribution in [3.05, 3.63) is 89.7 Å². The van der Waals surface area contributed by atoms with Crippen molar-refractivity contribution in [2.24, 2.45) is 0 Å². The Labute approximate surface area is 158 Å². The highest BCUT2D eigenvalue weighted by molar-refractivity contribution is 7.92. The lowest BCUT2D eigenvalue weighted by atomic mass is 10.2. The maximum absolute atomic E-state index is 14.1. The number of hydrogen-bond acceptors (Lipinski definition) is 3. The van der Waals surface area contributed by atoms with Crippen LogP contribution in [0.5, 0.6) is 5.75 Å². The molecule has 0 aromatic heterocycles. The van der Waals surface area contributed by atoms with Crippen LogP contribution in [0.15, 0.2) is 77.7 Å². The van der Waals surface area contributed by atoms with Gasteiger partial charge in [0.25, 0.3) is 10.0 Å². The number of methoxy groups -OCH3 is 1. The normalized spacial score (nSPS) is 11.2. The molecule has 4 nitrogen and oxygen atoms in total. The van der Waals surface area contributed by atoms with Gasteiger partial charge in [0.05, 0.1) is 24.2 Å². The van der Waals surface area contributed by atoms with Crippen molar-refractivity contribution >= 4 is 15.7 Å². The van der Waals surface area contributed by atoms with Crippen molar-refractivity contribution in [1.29, 1.82) is 0 Å². The summed E-state index contributed by atoms with van der Waals surface area (Å²) in [5, 5.41) is 0. The maximum Gasteiger partial charge on any atom is 0.264 e. The van der Waals surface area contributed by atoms with Gasteiger partial charge in [-0.2, -0.15) is 0 Å². The minimum absolute atomic E-state index is 0.0949. The molecule has 6 heteroatoms. The average molecular weight is 385 g/mol. The SMILES string of the molecule is COc1ccc(S(=O)(=O)N(Cc2ccccc2)c2ccc(C)c(F)c2)cc1. The Morgan fingerprint density at radius 1 is 0.963 bits per heavy atom. The van der Waals surface area contributed by atoms with Crippen LogP contribution >= 0.6 is 0 Å². The summed E-state index contributed by atoms with van der Waals surface area (Å²) in [6, 6.07) is 19.8. The molecule has 0 radical (unpaired) electrons. The van der Waals surface area contributed by atoms with E-state index in [1.54, 1.807) is 31.2 Å². The third kappa shape index (κ3) is 4.11. The first-order valence-corrected chi connectivity index (χ1v) is 9.82. The number of sulfonamides is 1. The summed E-state index contributed by atoms with van der Waals surface area (Å²) in [5.74, 6) is 0.112. The molecule has 0 amide bonds. The van der Waals surface area contributed by atoms with Gasteiger partial charge in [0.1, 0.15) is 11.6 Å². The summed E-state index contributed by atoms with van der Waals surface area (Å²) in [4.78, 5) is 0.111. The van der Waals surface area contributed by atoms with Crippen LogP contribution in [-0.2, 0) is 16.6 Å². The minimum Gasteiger partial charge on any atom is -0.497 e. The van der Waals surface area contributed by atoms with Crippen LogP contribution in [0.4, 0.5) is 10.1 Å².